The van der Waals surface area contributed by atoms with Gasteiger partial charge in [0.2, 0.25) is 5.91 Å². The van der Waals surface area contributed by atoms with Crippen LogP contribution < -0.4 is 5.32 Å². The Morgan fingerprint density at radius 1 is 1.41 bits per heavy atom. The number of amides is 1. The first-order valence-corrected chi connectivity index (χ1v) is 8.42. The van der Waals surface area contributed by atoms with Gasteiger partial charge in [-0.2, -0.15) is 0 Å². The van der Waals surface area contributed by atoms with E-state index < -0.39 is 5.41 Å². The zero-order valence-electron chi connectivity index (χ0n) is 12.7. The molecule has 116 valence electrons. The van der Waals surface area contributed by atoms with Crippen LogP contribution in [0.5, 0.6) is 0 Å². The average Bonchev–Trinajstić information content (AvgIpc) is 2.86. The van der Waals surface area contributed by atoms with Crippen LogP contribution in [-0.4, -0.2) is 10.9 Å². The summed E-state index contributed by atoms with van der Waals surface area (Å²) in [6.07, 6.45) is 2.49. The molecule has 0 unspecified atom stereocenters. The number of hydrogen-bond donors (Lipinski definition) is 1. The molecule has 1 saturated carbocycles. The van der Waals surface area contributed by atoms with Crippen molar-refractivity contribution >= 4 is 22.4 Å². The lowest BCUT2D eigenvalue weighted by Crippen LogP contribution is -2.46. The Labute approximate surface area is 133 Å². The summed E-state index contributed by atoms with van der Waals surface area (Å²) < 4.78 is 13.5. The molecule has 1 aliphatic carbocycles. The average molecular weight is 318 g/mol. The highest BCUT2D eigenvalue weighted by Crippen LogP contribution is 2.45. The van der Waals surface area contributed by atoms with Crippen LogP contribution in [0.15, 0.2) is 29.6 Å². The van der Waals surface area contributed by atoms with Gasteiger partial charge in [-0.05, 0) is 36.5 Å². The first-order chi connectivity index (χ1) is 10.5. The standard InChI is InChI=1S/C17H19FN2OS/c1-11(2)14-10-22-16(19-14)20-15(21)17(7-4-8-17)12-5-3-6-13(18)9-12/h3,5-6,9-11H,4,7-8H2,1-2H3,(H,19,20,21). The van der Waals surface area contributed by atoms with Gasteiger partial charge in [0, 0.05) is 5.38 Å². The third kappa shape index (κ3) is 2.65. The van der Waals surface area contributed by atoms with E-state index in [0.717, 1.165) is 30.5 Å². The summed E-state index contributed by atoms with van der Waals surface area (Å²) in [5.74, 6) is -0.0373. The molecule has 1 aliphatic rings. The summed E-state index contributed by atoms with van der Waals surface area (Å²) >= 11 is 1.44. The van der Waals surface area contributed by atoms with Crippen molar-refractivity contribution < 1.29 is 9.18 Å². The van der Waals surface area contributed by atoms with Gasteiger partial charge in [-0.3, -0.25) is 4.79 Å². The van der Waals surface area contributed by atoms with Gasteiger partial charge >= 0.3 is 0 Å². The molecule has 0 spiro atoms. The van der Waals surface area contributed by atoms with Crippen molar-refractivity contribution in [2.24, 2.45) is 0 Å². The molecule has 0 radical (unpaired) electrons. The summed E-state index contributed by atoms with van der Waals surface area (Å²) in [7, 11) is 0. The van der Waals surface area contributed by atoms with Crippen molar-refractivity contribution in [3.8, 4) is 0 Å². The molecule has 3 nitrogen and oxygen atoms in total. The first kappa shape index (κ1) is 15.2. The van der Waals surface area contributed by atoms with Gasteiger partial charge in [-0.15, -0.1) is 11.3 Å². The van der Waals surface area contributed by atoms with E-state index in [1.807, 2.05) is 11.4 Å². The molecule has 1 heterocycles. The Kier molecular flexibility index (Phi) is 4.00. The summed E-state index contributed by atoms with van der Waals surface area (Å²) in [4.78, 5) is 17.2. The Bertz CT molecular complexity index is 691. The fourth-order valence-electron chi connectivity index (χ4n) is 2.79. The van der Waals surface area contributed by atoms with Crippen LogP contribution in [0.4, 0.5) is 9.52 Å². The molecule has 1 fully saturated rings. The van der Waals surface area contributed by atoms with E-state index >= 15 is 0 Å². The number of hydrogen-bond acceptors (Lipinski definition) is 3. The van der Waals surface area contributed by atoms with Gasteiger partial charge in [0.05, 0.1) is 11.1 Å². The predicted octanol–water partition coefficient (Wildman–Crippen LogP) is 4.47. The van der Waals surface area contributed by atoms with E-state index in [1.165, 1.54) is 23.5 Å². The maximum absolute atomic E-state index is 13.5. The largest absolute Gasteiger partial charge is 0.301 e. The summed E-state index contributed by atoms with van der Waals surface area (Å²) in [5.41, 5.74) is 1.14. The van der Waals surface area contributed by atoms with Crippen LogP contribution in [0.3, 0.4) is 0 Å². The van der Waals surface area contributed by atoms with Crippen LogP contribution in [0.25, 0.3) is 0 Å². The third-order valence-electron chi connectivity index (χ3n) is 4.35. The fourth-order valence-corrected chi connectivity index (χ4v) is 3.66. The number of anilines is 1. The number of thiazole rings is 1. The lowest BCUT2D eigenvalue weighted by molar-refractivity contribution is -0.124. The van der Waals surface area contributed by atoms with Crippen molar-refractivity contribution in [3.63, 3.8) is 0 Å². The maximum Gasteiger partial charge on any atom is 0.236 e. The first-order valence-electron chi connectivity index (χ1n) is 7.54. The normalized spacial score (nSPS) is 16.4. The van der Waals surface area contributed by atoms with Crippen molar-refractivity contribution in [2.45, 2.75) is 44.4 Å². The molecule has 0 bridgehead atoms. The Balaban J connectivity index is 1.82. The van der Waals surface area contributed by atoms with Crippen LogP contribution in [-0.2, 0) is 10.2 Å². The molecule has 2 aromatic rings. The van der Waals surface area contributed by atoms with Gasteiger partial charge < -0.3 is 5.32 Å². The number of nitrogens with zero attached hydrogens (tertiary/aromatic N) is 1. The zero-order valence-corrected chi connectivity index (χ0v) is 13.5. The summed E-state index contributed by atoms with van der Waals surface area (Å²) in [6.45, 7) is 4.14. The van der Waals surface area contributed by atoms with Crippen molar-refractivity contribution in [2.75, 3.05) is 5.32 Å². The maximum atomic E-state index is 13.5. The molecule has 1 aromatic heterocycles. The second-order valence-corrected chi connectivity index (χ2v) is 6.99. The molecule has 1 N–H and O–H groups in total. The van der Waals surface area contributed by atoms with E-state index in [2.05, 4.69) is 24.1 Å². The smallest absolute Gasteiger partial charge is 0.236 e. The lowest BCUT2D eigenvalue weighted by atomic mass is 9.64. The van der Waals surface area contributed by atoms with Gasteiger partial charge in [0.15, 0.2) is 5.13 Å². The van der Waals surface area contributed by atoms with Crippen LogP contribution in [0.1, 0.15) is 50.3 Å². The molecule has 1 aromatic carbocycles. The van der Waals surface area contributed by atoms with Gasteiger partial charge in [-0.1, -0.05) is 32.4 Å². The zero-order chi connectivity index (χ0) is 15.7. The minimum Gasteiger partial charge on any atom is -0.301 e. The quantitative estimate of drug-likeness (QED) is 0.904. The summed E-state index contributed by atoms with van der Waals surface area (Å²) in [5, 5.41) is 5.51. The molecule has 3 rings (SSSR count). The predicted molar refractivity (Wildman–Crippen MR) is 86.8 cm³/mol. The Hall–Kier alpha value is -1.75. The number of nitrogens with one attached hydrogen (secondary N) is 1. The van der Waals surface area contributed by atoms with E-state index in [-0.39, 0.29) is 11.7 Å². The molecule has 0 saturated heterocycles. The van der Waals surface area contributed by atoms with Gasteiger partial charge in [0.25, 0.3) is 0 Å². The Morgan fingerprint density at radius 3 is 2.73 bits per heavy atom. The fraction of sp³-hybridized carbons (Fsp3) is 0.412. The SMILES string of the molecule is CC(C)c1csc(NC(=O)C2(c3cccc(F)c3)CCC2)n1. The van der Waals surface area contributed by atoms with Crippen molar-refractivity contribution in [1.29, 1.82) is 0 Å². The molecular weight excluding hydrogens is 299 g/mol. The number of carbonyl (C=O) groups excluding carboxylic acids is 1. The number of rotatable bonds is 4. The van der Waals surface area contributed by atoms with E-state index in [0.29, 0.717) is 11.0 Å². The minimum atomic E-state index is -0.605. The molecule has 5 heteroatoms. The minimum absolute atomic E-state index is 0.0750. The molecule has 1 amide bonds. The second-order valence-electron chi connectivity index (χ2n) is 6.13. The third-order valence-corrected chi connectivity index (χ3v) is 5.13. The lowest BCUT2D eigenvalue weighted by Gasteiger charge is -2.40. The highest BCUT2D eigenvalue weighted by Gasteiger charge is 2.46. The number of benzene rings is 1. The van der Waals surface area contributed by atoms with Crippen molar-refractivity contribution in [3.05, 3.63) is 46.7 Å². The van der Waals surface area contributed by atoms with Gasteiger partial charge in [0.1, 0.15) is 5.82 Å². The van der Waals surface area contributed by atoms with E-state index in [1.54, 1.807) is 6.07 Å². The molecular formula is C17H19FN2OS. The van der Waals surface area contributed by atoms with Crippen LogP contribution >= 0.6 is 11.3 Å². The molecule has 22 heavy (non-hydrogen) atoms. The van der Waals surface area contributed by atoms with Gasteiger partial charge in [-0.25, -0.2) is 9.37 Å². The van der Waals surface area contributed by atoms with Crippen LogP contribution in [0.2, 0.25) is 0 Å². The van der Waals surface area contributed by atoms with Crippen LogP contribution in [0, 0.1) is 5.82 Å². The van der Waals surface area contributed by atoms with Crippen molar-refractivity contribution in [1.82, 2.24) is 4.98 Å². The van der Waals surface area contributed by atoms with E-state index in [9.17, 15) is 9.18 Å². The summed E-state index contributed by atoms with van der Waals surface area (Å²) in [6, 6.07) is 6.38. The monoisotopic (exact) mass is 318 g/mol. The molecule has 0 aliphatic heterocycles. The van der Waals surface area contributed by atoms with E-state index in [4.69, 9.17) is 0 Å². The number of carbonyl (C=O) groups is 1. The topological polar surface area (TPSA) is 42.0 Å². The number of halogens is 1. The molecule has 0 atom stereocenters. The highest BCUT2D eigenvalue weighted by atomic mass is 32.1. The number of aromatic nitrogens is 1. The Morgan fingerprint density at radius 2 is 2.18 bits per heavy atom. The second kappa shape index (κ2) is 5.80. The highest BCUT2D eigenvalue weighted by molar-refractivity contribution is 7.13.